The fourth-order valence-corrected chi connectivity index (χ4v) is 1.71. The van der Waals surface area contributed by atoms with Crippen molar-refractivity contribution in [2.75, 3.05) is 0 Å². The van der Waals surface area contributed by atoms with Crippen molar-refractivity contribution in [1.29, 1.82) is 5.39 Å². The van der Waals surface area contributed by atoms with Gasteiger partial charge in [-0.1, -0.05) is 17.7 Å². The molecule has 2 aromatic carbocycles. The lowest BCUT2D eigenvalue weighted by atomic mass is 10.2. The first kappa shape index (κ1) is 14.2. The molecule has 0 amide bonds. The molecule has 0 aliphatic rings. The van der Waals surface area contributed by atoms with Gasteiger partial charge in [-0.25, -0.2) is 0 Å². The monoisotopic (exact) mass is 299 g/mol. The molecule has 3 nitrogen and oxygen atoms in total. The largest absolute Gasteiger partial charge is 0.457 e. The Kier molecular flexibility index (Phi) is 3.81. The van der Waals surface area contributed by atoms with E-state index in [1.54, 1.807) is 0 Å². The van der Waals surface area contributed by atoms with Crippen LogP contribution in [-0.2, 0) is 6.18 Å². The molecule has 0 bridgehead atoms. The summed E-state index contributed by atoms with van der Waals surface area (Å²) < 4.78 is 42.9. The summed E-state index contributed by atoms with van der Waals surface area (Å²) in [7, 11) is 0. The number of diazo groups is 1. The molecular formula is C13H7ClF3N2O+. The van der Waals surface area contributed by atoms with Crippen LogP contribution in [0.5, 0.6) is 11.5 Å². The number of nitrogens with zero attached hydrogens (tertiary/aromatic N) is 2. The second-order valence-electron chi connectivity index (χ2n) is 3.84. The average Bonchev–Trinajstić information content (AvgIpc) is 2.38. The minimum absolute atomic E-state index is 0.0320. The zero-order valence-corrected chi connectivity index (χ0v) is 10.6. The topological polar surface area (TPSA) is 37.4 Å². The maximum absolute atomic E-state index is 12.6. The summed E-state index contributed by atoms with van der Waals surface area (Å²) in [5, 5.41) is 8.72. The van der Waals surface area contributed by atoms with E-state index < -0.39 is 11.7 Å². The third kappa shape index (κ3) is 3.19. The summed E-state index contributed by atoms with van der Waals surface area (Å²) in [4.78, 5) is 2.93. The third-order valence-electron chi connectivity index (χ3n) is 2.42. The molecule has 2 rings (SSSR count). The number of benzene rings is 2. The standard InChI is InChI=1S/C13H7ClF3N2O/c14-11-7-10(4-5-12(11)19-18)20-9-3-1-2-8(6-9)13(15,16)17/h1-7H/q+1. The lowest BCUT2D eigenvalue weighted by molar-refractivity contribution is -0.137. The van der Waals surface area contributed by atoms with E-state index in [1.807, 2.05) is 0 Å². The van der Waals surface area contributed by atoms with Crippen molar-refractivity contribution in [3.8, 4) is 11.5 Å². The summed E-state index contributed by atoms with van der Waals surface area (Å²) in [6.45, 7) is 0. The molecule has 0 N–H and O–H groups in total. The van der Waals surface area contributed by atoms with Crippen molar-refractivity contribution in [2.45, 2.75) is 6.18 Å². The van der Waals surface area contributed by atoms with Crippen molar-refractivity contribution < 1.29 is 17.9 Å². The zero-order chi connectivity index (χ0) is 14.8. The quantitative estimate of drug-likeness (QED) is 0.673. The second kappa shape index (κ2) is 5.39. The van der Waals surface area contributed by atoms with Gasteiger partial charge in [-0.3, -0.25) is 0 Å². The molecule has 0 unspecified atom stereocenters. The van der Waals surface area contributed by atoms with Crippen LogP contribution in [0.15, 0.2) is 42.5 Å². The normalized spacial score (nSPS) is 10.9. The average molecular weight is 300 g/mol. The molecule has 0 aliphatic carbocycles. The van der Waals surface area contributed by atoms with Crippen LogP contribution in [0.1, 0.15) is 5.56 Å². The number of ether oxygens (including phenoxy) is 1. The number of rotatable bonds is 2. The van der Waals surface area contributed by atoms with Crippen molar-refractivity contribution in [3.05, 3.63) is 58.0 Å². The lowest BCUT2D eigenvalue weighted by Gasteiger charge is -2.09. The predicted molar refractivity (Wildman–Crippen MR) is 67.7 cm³/mol. The van der Waals surface area contributed by atoms with Gasteiger partial charge in [0, 0.05) is 12.1 Å². The minimum Gasteiger partial charge on any atom is -0.457 e. The van der Waals surface area contributed by atoms with E-state index >= 15 is 0 Å². The molecule has 0 saturated heterocycles. The molecule has 0 aromatic heterocycles. The molecule has 0 fully saturated rings. The Morgan fingerprint density at radius 1 is 1.05 bits per heavy atom. The number of hydrogen-bond donors (Lipinski definition) is 0. The van der Waals surface area contributed by atoms with Gasteiger partial charge in [0.1, 0.15) is 16.5 Å². The van der Waals surface area contributed by atoms with E-state index in [2.05, 4.69) is 4.98 Å². The number of halogens is 4. The molecule has 0 heterocycles. The van der Waals surface area contributed by atoms with Gasteiger partial charge in [0.15, 0.2) is 4.98 Å². The van der Waals surface area contributed by atoms with Crippen LogP contribution in [0.2, 0.25) is 5.02 Å². The van der Waals surface area contributed by atoms with Crippen LogP contribution < -0.4 is 4.74 Å². The van der Waals surface area contributed by atoms with E-state index in [9.17, 15) is 13.2 Å². The Labute approximate surface area is 117 Å². The maximum Gasteiger partial charge on any atom is 0.416 e. The molecule has 0 atom stereocenters. The number of hydrogen-bond acceptors (Lipinski definition) is 2. The van der Waals surface area contributed by atoms with Crippen LogP contribution in [0.25, 0.3) is 4.98 Å². The summed E-state index contributed by atoms with van der Waals surface area (Å²) in [5.41, 5.74) is -0.661. The summed E-state index contributed by atoms with van der Waals surface area (Å²) in [6.07, 6.45) is -4.43. The molecule has 7 heteroatoms. The molecule has 0 saturated carbocycles. The molecular weight excluding hydrogens is 293 g/mol. The van der Waals surface area contributed by atoms with Gasteiger partial charge in [0.2, 0.25) is 5.39 Å². The van der Waals surface area contributed by atoms with Gasteiger partial charge in [0.05, 0.1) is 5.56 Å². The lowest BCUT2D eigenvalue weighted by Crippen LogP contribution is -2.04. The third-order valence-corrected chi connectivity index (χ3v) is 2.73. The molecule has 102 valence electrons. The first-order chi connectivity index (χ1) is 9.40. The van der Waals surface area contributed by atoms with Gasteiger partial charge >= 0.3 is 11.9 Å². The first-order valence-corrected chi connectivity index (χ1v) is 5.78. The van der Waals surface area contributed by atoms with E-state index in [0.717, 1.165) is 12.1 Å². The molecule has 20 heavy (non-hydrogen) atoms. The fraction of sp³-hybridized carbons (Fsp3) is 0.0769. The van der Waals surface area contributed by atoms with E-state index in [1.165, 1.54) is 30.3 Å². The highest BCUT2D eigenvalue weighted by Gasteiger charge is 2.30. The maximum atomic E-state index is 12.6. The molecule has 0 aliphatic heterocycles. The molecule has 0 radical (unpaired) electrons. The Morgan fingerprint density at radius 2 is 1.75 bits per heavy atom. The SMILES string of the molecule is N#[N+]c1ccc(Oc2cccc(C(F)(F)F)c2)cc1Cl. The summed E-state index contributed by atoms with van der Waals surface area (Å²) >= 11 is 5.79. The van der Waals surface area contributed by atoms with Gasteiger partial charge in [-0.05, 0) is 24.3 Å². The van der Waals surface area contributed by atoms with Crippen molar-refractivity contribution in [2.24, 2.45) is 0 Å². The van der Waals surface area contributed by atoms with Gasteiger partial charge < -0.3 is 4.74 Å². The van der Waals surface area contributed by atoms with Crippen LogP contribution >= 0.6 is 11.6 Å². The highest BCUT2D eigenvalue weighted by molar-refractivity contribution is 6.33. The smallest absolute Gasteiger partial charge is 0.416 e. The van der Waals surface area contributed by atoms with Gasteiger partial charge in [0.25, 0.3) is 0 Å². The molecule has 2 aromatic rings. The van der Waals surface area contributed by atoms with E-state index in [0.29, 0.717) is 0 Å². The van der Waals surface area contributed by atoms with E-state index in [4.69, 9.17) is 21.7 Å². The van der Waals surface area contributed by atoms with Gasteiger partial charge in [-0.15, -0.1) is 0 Å². The Bertz CT molecular complexity index is 680. The minimum atomic E-state index is -4.43. The van der Waals surface area contributed by atoms with Crippen LogP contribution in [0.4, 0.5) is 18.9 Å². The first-order valence-electron chi connectivity index (χ1n) is 5.40. The van der Waals surface area contributed by atoms with Crippen LogP contribution in [0, 0.1) is 5.39 Å². The van der Waals surface area contributed by atoms with E-state index in [-0.39, 0.29) is 22.2 Å². The van der Waals surface area contributed by atoms with Crippen molar-refractivity contribution in [1.82, 2.24) is 0 Å². The highest BCUT2D eigenvalue weighted by atomic mass is 35.5. The fourth-order valence-electron chi connectivity index (χ4n) is 1.50. The zero-order valence-electron chi connectivity index (χ0n) is 9.86. The van der Waals surface area contributed by atoms with Crippen LogP contribution in [-0.4, -0.2) is 0 Å². The Balaban J connectivity index is 2.27. The van der Waals surface area contributed by atoms with Gasteiger partial charge in [-0.2, -0.15) is 13.2 Å². The summed E-state index contributed by atoms with van der Waals surface area (Å²) in [5.74, 6) is 0.270. The second-order valence-corrected chi connectivity index (χ2v) is 4.25. The Hall–Kier alpha value is -2.26. The molecule has 0 spiro atoms. The summed E-state index contributed by atoms with van der Waals surface area (Å²) in [6, 6.07) is 8.64. The Morgan fingerprint density at radius 3 is 2.35 bits per heavy atom. The predicted octanol–water partition coefficient (Wildman–Crippen LogP) is 5.64. The van der Waals surface area contributed by atoms with Crippen LogP contribution in [0.3, 0.4) is 0 Å². The highest BCUT2D eigenvalue weighted by Crippen LogP contribution is 2.34. The van der Waals surface area contributed by atoms with Crippen molar-refractivity contribution in [3.63, 3.8) is 0 Å². The number of alkyl halides is 3. The van der Waals surface area contributed by atoms with Crippen molar-refractivity contribution >= 4 is 17.3 Å².